The third kappa shape index (κ3) is 1.73. The van der Waals surface area contributed by atoms with E-state index in [4.69, 9.17) is 16.3 Å². The average Bonchev–Trinajstić information content (AvgIpc) is 2.65. The summed E-state index contributed by atoms with van der Waals surface area (Å²) in [7, 11) is 0. The monoisotopic (exact) mass is 311 g/mol. The Morgan fingerprint density at radius 3 is 2.86 bits per heavy atom. The highest BCUT2D eigenvalue weighted by Gasteiger charge is 2.79. The number of alkyl halides is 1. The molecule has 2 saturated heterocycles. The van der Waals surface area contributed by atoms with Gasteiger partial charge in [0.15, 0.2) is 11.4 Å². The molecule has 4 atom stereocenters. The Morgan fingerprint density at radius 2 is 2.29 bits per heavy atom. The molecule has 2 aliphatic heterocycles. The number of Topliss-reactive ketones (excluding diaryl/α,β-unsaturated/α-hetero) is 1. The lowest BCUT2D eigenvalue weighted by Crippen LogP contribution is -2.78. The minimum Gasteiger partial charge on any atom is -0.453 e. The Hall–Kier alpha value is -1.36. The number of rotatable bonds is 4. The summed E-state index contributed by atoms with van der Waals surface area (Å²) in [6.07, 6.45) is 6.74. The zero-order valence-electron chi connectivity index (χ0n) is 11.9. The van der Waals surface area contributed by atoms with Crippen molar-refractivity contribution < 1.29 is 19.1 Å². The Morgan fingerprint density at radius 1 is 1.52 bits per heavy atom. The number of fused-ring (bicyclic) bond motifs is 1. The van der Waals surface area contributed by atoms with E-state index >= 15 is 0 Å². The van der Waals surface area contributed by atoms with Gasteiger partial charge in [-0.15, -0.1) is 11.6 Å². The van der Waals surface area contributed by atoms with Crippen LogP contribution in [0, 0.1) is 11.8 Å². The number of halogens is 1. The van der Waals surface area contributed by atoms with Gasteiger partial charge in [-0.2, -0.15) is 0 Å². The van der Waals surface area contributed by atoms with E-state index in [1.807, 2.05) is 12.2 Å². The van der Waals surface area contributed by atoms with Gasteiger partial charge in [-0.05, 0) is 32.6 Å². The molecule has 0 spiro atoms. The van der Waals surface area contributed by atoms with Crippen molar-refractivity contribution in [1.29, 1.82) is 0 Å². The number of nitrogens with one attached hydrogen (secondary N) is 1. The quantitative estimate of drug-likeness (QED) is 0.368. The molecule has 0 bridgehead atoms. The molecule has 0 aromatic carbocycles. The molecular formula is C15H18ClNO4. The van der Waals surface area contributed by atoms with Gasteiger partial charge in [-0.3, -0.25) is 9.59 Å². The number of allylic oxidation sites excluding steroid dienone is 2. The van der Waals surface area contributed by atoms with Crippen molar-refractivity contribution in [1.82, 2.24) is 5.32 Å². The fourth-order valence-electron chi connectivity index (χ4n) is 3.76. The van der Waals surface area contributed by atoms with Crippen LogP contribution in [0.3, 0.4) is 0 Å². The van der Waals surface area contributed by atoms with Gasteiger partial charge in [0, 0.05) is 11.8 Å². The fourth-order valence-corrected chi connectivity index (χ4v) is 3.98. The summed E-state index contributed by atoms with van der Waals surface area (Å²) in [4.78, 5) is 37.2. The summed E-state index contributed by atoms with van der Waals surface area (Å²) < 4.78 is 5.28. The molecule has 2 fully saturated rings. The number of amides is 1. The van der Waals surface area contributed by atoms with E-state index in [0.29, 0.717) is 12.8 Å². The van der Waals surface area contributed by atoms with E-state index in [-0.39, 0.29) is 23.5 Å². The zero-order chi connectivity index (χ0) is 15.3. The second-order valence-electron chi connectivity index (χ2n) is 6.10. The van der Waals surface area contributed by atoms with Gasteiger partial charge in [-0.1, -0.05) is 12.2 Å². The van der Waals surface area contributed by atoms with Crippen molar-refractivity contribution in [3.63, 3.8) is 0 Å². The fraction of sp³-hybridized carbons (Fsp3) is 0.667. The Labute approximate surface area is 128 Å². The highest BCUT2D eigenvalue weighted by molar-refractivity contribution is 6.21. The summed E-state index contributed by atoms with van der Waals surface area (Å²) >= 11 is 5.74. The molecular weight excluding hydrogens is 294 g/mol. The van der Waals surface area contributed by atoms with Crippen molar-refractivity contribution in [3.8, 4) is 0 Å². The molecule has 3 aliphatic rings. The third-order valence-electron chi connectivity index (χ3n) is 5.01. The maximum Gasteiger partial charge on any atom is 0.344 e. The van der Waals surface area contributed by atoms with Gasteiger partial charge >= 0.3 is 5.97 Å². The van der Waals surface area contributed by atoms with E-state index in [9.17, 15) is 14.4 Å². The first-order valence-corrected chi connectivity index (χ1v) is 7.83. The smallest absolute Gasteiger partial charge is 0.344 e. The molecule has 0 aromatic heterocycles. The van der Waals surface area contributed by atoms with Crippen LogP contribution in [-0.4, -0.2) is 34.7 Å². The van der Waals surface area contributed by atoms with Gasteiger partial charge in [0.05, 0.1) is 5.92 Å². The summed E-state index contributed by atoms with van der Waals surface area (Å²) in [5.41, 5.74) is -2.63. The lowest BCUT2D eigenvalue weighted by Gasteiger charge is -2.50. The second-order valence-corrected chi connectivity index (χ2v) is 6.47. The van der Waals surface area contributed by atoms with Crippen molar-refractivity contribution in [2.45, 2.75) is 43.7 Å². The molecule has 3 rings (SSSR count). The first-order valence-electron chi connectivity index (χ1n) is 7.30. The van der Waals surface area contributed by atoms with E-state index in [1.54, 1.807) is 6.92 Å². The van der Waals surface area contributed by atoms with Crippen molar-refractivity contribution >= 4 is 29.3 Å². The Balaban J connectivity index is 1.96. The molecule has 2 heterocycles. The van der Waals surface area contributed by atoms with Gasteiger partial charge < -0.3 is 10.1 Å². The number of ketones is 1. The van der Waals surface area contributed by atoms with E-state index in [2.05, 4.69) is 5.32 Å². The van der Waals surface area contributed by atoms with Crippen LogP contribution in [0.1, 0.15) is 32.6 Å². The number of ether oxygens (including phenoxy) is 1. The summed E-state index contributed by atoms with van der Waals surface area (Å²) in [6, 6.07) is 0. The summed E-state index contributed by atoms with van der Waals surface area (Å²) in [6.45, 7) is 1.66. The van der Waals surface area contributed by atoms with Gasteiger partial charge in [0.1, 0.15) is 0 Å². The minimum absolute atomic E-state index is 0.248. The van der Waals surface area contributed by atoms with Crippen molar-refractivity contribution in [2.75, 3.05) is 5.88 Å². The lowest BCUT2D eigenvalue weighted by molar-refractivity contribution is -0.218. The first kappa shape index (κ1) is 14.6. The topological polar surface area (TPSA) is 72.5 Å². The maximum atomic E-state index is 12.9. The predicted molar refractivity (Wildman–Crippen MR) is 75.7 cm³/mol. The SMILES string of the molecule is C[C@@]12OC(=O)[C@@]1(C(=O)[C@@H]1C=CCCC1)NC(=O)[C@@H]2CCCl. The zero-order valence-corrected chi connectivity index (χ0v) is 12.6. The molecule has 0 unspecified atom stereocenters. The van der Waals surface area contributed by atoms with E-state index < -0.39 is 23.0 Å². The second kappa shape index (κ2) is 4.83. The largest absolute Gasteiger partial charge is 0.453 e. The third-order valence-corrected chi connectivity index (χ3v) is 5.22. The van der Waals surface area contributed by atoms with Crippen LogP contribution in [0.25, 0.3) is 0 Å². The van der Waals surface area contributed by atoms with Crippen LogP contribution < -0.4 is 5.32 Å². The number of hydrogen-bond acceptors (Lipinski definition) is 4. The Bertz CT molecular complexity index is 546. The van der Waals surface area contributed by atoms with Crippen LogP contribution in [0.4, 0.5) is 0 Å². The molecule has 1 N–H and O–H groups in total. The molecule has 6 heteroatoms. The van der Waals surface area contributed by atoms with Crippen LogP contribution in [0.5, 0.6) is 0 Å². The predicted octanol–water partition coefficient (Wildman–Crippen LogP) is 1.34. The molecule has 5 nitrogen and oxygen atoms in total. The summed E-state index contributed by atoms with van der Waals surface area (Å²) in [5.74, 6) is -1.83. The highest BCUT2D eigenvalue weighted by atomic mass is 35.5. The van der Waals surface area contributed by atoms with Gasteiger partial charge in [-0.25, -0.2) is 4.79 Å². The molecule has 1 amide bonds. The maximum absolute atomic E-state index is 12.9. The average molecular weight is 312 g/mol. The molecule has 0 aromatic rings. The van der Waals surface area contributed by atoms with Crippen LogP contribution >= 0.6 is 11.6 Å². The van der Waals surface area contributed by atoms with E-state index in [0.717, 1.165) is 12.8 Å². The normalized spacial score (nSPS) is 41.0. The number of carbonyl (C=O) groups is 3. The van der Waals surface area contributed by atoms with Crippen molar-refractivity contribution in [2.24, 2.45) is 11.8 Å². The van der Waals surface area contributed by atoms with E-state index in [1.165, 1.54) is 0 Å². The highest BCUT2D eigenvalue weighted by Crippen LogP contribution is 2.51. The molecule has 0 radical (unpaired) electrons. The van der Waals surface area contributed by atoms with Crippen LogP contribution in [0.2, 0.25) is 0 Å². The number of hydrogen-bond donors (Lipinski definition) is 1. The van der Waals surface area contributed by atoms with Crippen LogP contribution in [0.15, 0.2) is 12.2 Å². The number of carbonyl (C=O) groups excluding carboxylic acids is 3. The molecule has 1 aliphatic carbocycles. The molecule has 0 saturated carbocycles. The Kier molecular flexibility index (Phi) is 3.35. The lowest BCUT2D eigenvalue weighted by atomic mass is 9.65. The van der Waals surface area contributed by atoms with Crippen molar-refractivity contribution in [3.05, 3.63) is 12.2 Å². The first-order chi connectivity index (χ1) is 9.97. The van der Waals surface area contributed by atoms with Gasteiger partial charge in [0.2, 0.25) is 11.4 Å². The molecule has 21 heavy (non-hydrogen) atoms. The standard InChI is InChI=1S/C15H18ClNO4/c1-14-10(7-8-16)12(19)17-15(14,13(20)21-14)11(18)9-5-3-2-4-6-9/h3,5,9-10H,2,4,6-8H2,1H3,(H,17,19)/t9-,10+,14+,15-/m1/s1. The van der Waals surface area contributed by atoms with Crippen LogP contribution in [-0.2, 0) is 19.1 Å². The number of esters is 1. The minimum atomic E-state index is -1.52. The summed E-state index contributed by atoms with van der Waals surface area (Å²) in [5, 5.41) is 2.63. The molecule has 114 valence electrons. The van der Waals surface area contributed by atoms with Gasteiger partial charge in [0.25, 0.3) is 0 Å².